The summed E-state index contributed by atoms with van der Waals surface area (Å²) in [5.41, 5.74) is 9.17. The summed E-state index contributed by atoms with van der Waals surface area (Å²) in [5, 5.41) is 3.58. The van der Waals surface area contributed by atoms with Gasteiger partial charge in [0.05, 0.1) is 22.3 Å². The number of hydrogen-bond acceptors (Lipinski definition) is 3. The summed E-state index contributed by atoms with van der Waals surface area (Å²) < 4.78 is 34.9. The lowest BCUT2D eigenvalue weighted by molar-refractivity contribution is 0.124. The summed E-state index contributed by atoms with van der Waals surface area (Å²) in [6, 6.07) is 2.49. The zero-order valence-corrected chi connectivity index (χ0v) is 15.4. The summed E-state index contributed by atoms with van der Waals surface area (Å²) in [7, 11) is -1.29. The van der Waals surface area contributed by atoms with Crippen LogP contribution in [0.4, 0.5) is 4.39 Å². The fourth-order valence-corrected chi connectivity index (χ4v) is 3.41. The minimum atomic E-state index is -1.29. The Morgan fingerprint density at radius 3 is 2.79 bits per heavy atom. The Kier molecular flexibility index (Phi) is 5.22. The van der Waals surface area contributed by atoms with E-state index >= 15 is 0 Å². The molecule has 1 N–H and O–H groups in total. The SMILES string of the molecule is C[C@@H](N[S@](=O)C(C)(C)C)c1cc(F)cc2c1O[C@](C)(CN=[N+]=[N-])C2. The molecule has 0 radical (unpaired) electrons. The fourth-order valence-electron chi connectivity index (χ4n) is 2.61. The molecule has 2 rings (SSSR count). The summed E-state index contributed by atoms with van der Waals surface area (Å²) in [6.45, 7) is 9.42. The molecular formula is C16H23FN4O2S. The van der Waals surface area contributed by atoms with Crippen LogP contribution in [0.5, 0.6) is 5.75 Å². The van der Waals surface area contributed by atoms with Crippen molar-refractivity contribution < 1.29 is 13.3 Å². The number of nitrogens with zero attached hydrogens (tertiary/aromatic N) is 3. The number of azide groups is 1. The van der Waals surface area contributed by atoms with Gasteiger partial charge in [0, 0.05) is 28.5 Å². The van der Waals surface area contributed by atoms with E-state index in [1.165, 1.54) is 12.1 Å². The highest BCUT2D eigenvalue weighted by molar-refractivity contribution is 7.84. The van der Waals surface area contributed by atoms with Crippen LogP contribution >= 0.6 is 0 Å². The van der Waals surface area contributed by atoms with E-state index in [0.717, 1.165) is 5.56 Å². The number of halogens is 1. The molecule has 8 heteroatoms. The highest BCUT2D eigenvalue weighted by atomic mass is 32.2. The van der Waals surface area contributed by atoms with Crippen molar-refractivity contribution >= 4 is 11.0 Å². The second-order valence-corrected chi connectivity index (χ2v) is 9.32. The standard InChI is InChI=1S/C16H23FN4O2S/c1-10(20-24(22)15(2,3)4)13-7-12(17)6-11-8-16(5,9-19-21-18)23-14(11)13/h6-7,10,20H,8-9H2,1-5H3/t10-,16+,24-/m1/s1. The Morgan fingerprint density at radius 2 is 2.21 bits per heavy atom. The van der Waals surface area contributed by atoms with E-state index in [-0.39, 0.29) is 18.4 Å². The normalized spacial score (nSPS) is 22.2. The first-order chi connectivity index (χ1) is 11.1. The first-order valence-electron chi connectivity index (χ1n) is 7.76. The molecule has 0 saturated heterocycles. The number of ether oxygens (including phenoxy) is 1. The van der Waals surface area contributed by atoms with Crippen LogP contribution in [0.15, 0.2) is 17.2 Å². The molecule has 0 amide bonds. The molecule has 24 heavy (non-hydrogen) atoms. The molecule has 0 aromatic heterocycles. The molecule has 6 nitrogen and oxygen atoms in total. The van der Waals surface area contributed by atoms with Crippen molar-refractivity contribution in [3.8, 4) is 5.75 Å². The van der Waals surface area contributed by atoms with Crippen molar-refractivity contribution in [2.24, 2.45) is 5.11 Å². The average molecular weight is 354 g/mol. The predicted molar refractivity (Wildman–Crippen MR) is 92.6 cm³/mol. The predicted octanol–water partition coefficient (Wildman–Crippen LogP) is 3.94. The van der Waals surface area contributed by atoms with Crippen LogP contribution in [0, 0.1) is 5.82 Å². The molecule has 0 saturated carbocycles. The van der Waals surface area contributed by atoms with Crippen molar-refractivity contribution in [1.29, 1.82) is 0 Å². The van der Waals surface area contributed by atoms with Gasteiger partial charge in [0.25, 0.3) is 0 Å². The van der Waals surface area contributed by atoms with Crippen molar-refractivity contribution in [1.82, 2.24) is 4.72 Å². The van der Waals surface area contributed by atoms with E-state index in [2.05, 4.69) is 14.7 Å². The van der Waals surface area contributed by atoms with E-state index in [1.54, 1.807) is 0 Å². The van der Waals surface area contributed by atoms with Gasteiger partial charge in [0.15, 0.2) is 0 Å². The molecule has 0 unspecified atom stereocenters. The van der Waals surface area contributed by atoms with Crippen molar-refractivity contribution in [3.63, 3.8) is 0 Å². The third-order valence-electron chi connectivity index (χ3n) is 3.85. The Hall–Kier alpha value is -1.63. The average Bonchev–Trinajstić information content (AvgIpc) is 2.79. The Labute approximate surface area is 144 Å². The minimum absolute atomic E-state index is 0.162. The molecule has 3 atom stereocenters. The van der Waals surface area contributed by atoms with E-state index in [9.17, 15) is 8.60 Å². The molecule has 132 valence electrons. The number of nitrogens with one attached hydrogen (secondary N) is 1. The highest BCUT2D eigenvalue weighted by Gasteiger charge is 2.37. The molecule has 1 aliphatic rings. The minimum Gasteiger partial charge on any atom is -0.486 e. The van der Waals surface area contributed by atoms with Crippen LogP contribution in [-0.2, 0) is 17.4 Å². The number of rotatable bonds is 5. The van der Waals surface area contributed by atoms with Crippen LogP contribution in [0.2, 0.25) is 0 Å². The Morgan fingerprint density at radius 1 is 1.54 bits per heavy atom. The van der Waals surface area contributed by atoms with Gasteiger partial charge in [0.1, 0.15) is 17.2 Å². The van der Waals surface area contributed by atoms with Gasteiger partial charge >= 0.3 is 0 Å². The lowest BCUT2D eigenvalue weighted by Crippen LogP contribution is -2.35. The molecule has 1 aliphatic heterocycles. The molecule has 0 fully saturated rings. The summed E-state index contributed by atoms with van der Waals surface area (Å²) >= 11 is 0. The van der Waals surface area contributed by atoms with Crippen molar-refractivity contribution in [3.05, 3.63) is 39.5 Å². The maximum atomic E-state index is 14.0. The zero-order chi connectivity index (χ0) is 18.1. The van der Waals surface area contributed by atoms with Crippen LogP contribution in [0.1, 0.15) is 51.8 Å². The zero-order valence-electron chi connectivity index (χ0n) is 14.6. The lowest BCUT2D eigenvalue weighted by atomic mass is 9.97. The quantitative estimate of drug-likeness (QED) is 0.493. The van der Waals surface area contributed by atoms with Gasteiger partial charge in [-0.15, -0.1) is 0 Å². The van der Waals surface area contributed by atoms with Crippen molar-refractivity contribution in [2.45, 2.75) is 57.4 Å². The van der Waals surface area contributed by atoms with E-state index in [1.807, 2.05) is 34.6 Å². The second kappa shape index (κ2) is 6.70. The molecular weight excluding hydrogens is 331 g/mol. The Balaban J connectivity index is 2.31. The van der Waals surface area contributed by atoms with Crippen LogP contribution in [0.25, 0.3) is 10.4 Å². The van der Waals surface area contributed by atoms with E-state index in [4.69, 9.17) is 10.3 Å². The molecule has 0 aliphatic carbocycles. The van der Waals surface area contributed by atoms with Crippen LogP contribution in [0.3, 0.4) is 0 Å². The highest BCUT2D eigenvalue weighted by Crippen LogP contribution is 2.41. The molecule has 0 bridgehead atoms. The van der Waals surface area contributed by atoms with Crippen LogP contribution in [-0.4, -0.2) is 21.1 Å². The topological polar surface area (TPSA) is 87.1 Å². The van der Waals surface area contributed by atoms with Gasteiger partial charge in [-0.05, 0) is 52.3 Å². The van der Waals surface area contributed by atoms with Gasteiger partial charge in [0.2, 0.25) is 0 Å². The number of benzene rings is 1. The largest absolute Gasteiger partial charge is 0.486 e. The maximum Gasteiger partial charge on any atom is 0.128 e. The first-order valence-corrected chi connectivity index (χ1v) is 8.91. The smallest absolute Gasteiger partial charge is 0.128 e. The van der Waals surface area contributed by atoms with E-state index < -0.39 is 21.3 Å². The van der Waals surface area contributed by atoms with Gasteiger partial charge in [-0.2, -0.15) is 0 Å². The van der Waals surface area contributed by atoms with Crippen LogP contribution < -0.4 is 9.46 Å². The number of hydrogen-bond donors (Lipinski definition) is 1. The molecule has 1 aromatic rings. The van der Waals surface area contributed by atoms with Crippen molar-refractivity contribution in [2.75, 3.05) is 6.54 Å². The second-order valence-electron chi connectivity index (χ2n) is 7.32. The summed E-state index contributed by atoms with van der Waals surface area (Å²) in [5.74, 6) is 0.216. The third kappa shape index (κ3) is 4.06. The number of fused-ring (bicyclic) bond motifs is 1. The lowest BCUT2D eigenvalue weighted by Gasteiger charge is -2.25. The third-order valence-corrected chi connectivity index (χ3v) is 5.53. The summed E-state index contributed by atoms with van der Waals surface area (Å²) in [6.07, 6.45) is 0.460. The fraction of sp³-hybridized carbons (Fsp3) is 0.625. The maximum absolute atomic E-state index is 14.0. The summed E-state index contributed by atoms with van der Waals surface area (Å²) in [4.78, 5) is 2.77. The van der Waals surface area contributed by atoms with Gasteiger partial charge in [-0.25, -0.2) is 13.3 Å². The van der Waals surface area contributed by atoms with Gasteiger partial charge in [-0.1, -0.05) is 5.11 Å². The molecule has 0 spiro atoms. The van der Waals surface area contributed by atoms with Gasteiger partial charge < -0.3 is 4.74 Å². The molecule has 1 heterocycles. The molecule has 1 aromatic carbocycles. The monoisotopic (exact) mass is 354 g/mol. The Bertz CT molecular complexity index is 713. The van der Waals surface area contributed by atoms with E-state index in [0.29, 0.717) is 17.7 Å². The van der Waals surface area contributed by atoms with Gasteiger partial charge in [-0.3, -0.25) is 0 Å². The first kappa shape index (κ1) is 18.7.